The molecule has 8 heteroatoms. The van der Waals surface area contributed by atoms with Crippen LogP contribution < -0.4 is 0 Å². The van der Waals surface area contributed by atoms with Crippen molar-refractivity contribution in [1.29, 1.82) is 0 Å². The molecule has 0 aliphatic rings. The summed E-state index contributed by atoms with van der Waals surface area (Å²) < 4.78 is 36.9. The van der Waals surface area contributed by atoms with Crippen LogP contribution >= 0.6 is 15.2 Å². The average molecular weight is 669 g/mol. The van der Waals surface area contributed by atoms with E-state index in [9.17, 15) is 18.9 Å². The minimum absolute atomic E-state index is 0.339. The van der Waals surface area contributed by atoms with Crippen LogP contribution in [-0.4, -0.2) is 23.0 Å². The molecule has 0 spiro atoms. The van der Waals surface area contributed by atoms with Crippen LogP contribution in [0, 0.1) is 0 Å². The summed E-state index contributed by atoms with van der Waals surface area (Å²) in [6, 6.07) is 28.2. The van der Waals surface area contributed by atoms with Crippen molar-refractivity contribution >= 4 is 36.7 Å². The van der Waals surface area contributed by atoms with Crippen LogP contribution in [0.3, 0.4) is 0 Å². The van der Waals surface area contributed by atoms with E-state index in [0.717, 1.165) is 78.7 Å². The Bertz CT molecular complexity index is 1560. The quantitative estimate of drug-likeness (QED) is 0.0809. The molecule has 0 unspecified atom stereocenters. The molecule has 0 amide bonds. The maximum absolute atomic E-state index is 13.0. The van der Waals surface area contributed by atoms with Gasteiger partial charge in [-0.25, -0.2) is 0 Å². The standard InChI is InChI=1S/2C19H27O3P/c1-3-5-13-21-23(20,22-14-6-4-2)16-17-11-12-18-9-7-8-10-19(18)15-17;1-3-5-13-19(14-6-4-2,23(20,21)22)18-12-11-16-9-7-8-10-17(16)15-18/h7-12,15H,3-6,13-14,16H2,1-2H3;7-12,15H,3-6,13-14H2,1-2H3,(H2,20,21,22). The Kier molecular flexibility index (Phi) is 15.7. The highest BCUT2D eigenvalue weighted by Crippen LogP contribution is 2.62. The lowest BCUT2D eigenvalue weighted by atomic mass is 9.86. The van der Waals surface area contributed by atoms with Crippen molar-refractivity contribution in [1.82, 2.24) is 0 Å². The van der Waals surface area contributed by atoms with Crippen LogP contribution in [0.5, 0.6) is 0 Å². The number of rotatable bonds is 18. The summed E-state index contributed by atoms with van der Waals surface area (Å²) in [4.78, 5) is 20.4. The van der Waals surface area contributed by atoms with Crippen LogP contribution in [0.2, 0.25) is 0 Å². The second-order valence-electron chi connectivity index (χ2n) is 12.2. The summed E-state index contributed by atoms with van der Waals surface area (Å²) in [5.41, 5.74) is 1.78. The van der Waals surface area contributed by atoms with Crippen molar-refractivity contribution in [2.45, 2.75) is 103 Å². The highest BCUT2D eigenvalue weighted by molar-refractivity contribution is 7.53. The first-order chi connectivity index (χ1) is 22.1. The number of fused-ring (bicyclic) bond motifs is 2. The Morgan fingerprint density at radius 3 is 1.52 bits per heavy atom. The van der Waals surface area contributed by atoms with E-state index in [2.05, 4.69) is 52.0 Å². The molecule has 0 bridgehead atoms. The van der Waals surface area contributed by atoms with Crippen LogP contribution in [0.1, 0.15) is 103 Å². The molecule has 0 radical (unpaired) electrons. The second kappa shape index (κ2) is 18.9. The first-order valence-electron chi connectivity index (χ1n) is 17.0. The van der Waals surface area contributed by atoms with Crippen molar-refractivity contribution in [3.05, 3.63) is 96.1 Å². The van der Waals surface area contributed by atoms with E-state index in [1.54, 1.807) is 0 Å². The molecular formula is C38H54O6P2. The fourth-order valence-electron chi connectivity index (χ4n) is 5.68. The highest BCUT2D eigenvalue weighted by Gasteiger charge is 2.47. The predicted octanol–water partition coefficient (Wildman–Crippen LogP) is 11.8. The molecule has 0 aliphatic heterocycles. The zero-order valence-electron chi connectivity index (χ0n) is 28.2. The van der Waals surface area contributed by atoms with Crippen LogP contribution in [-0.2, 0) is 29.5 Å². The molecule has 46 heavy (non-hydrogen) atoms. The first kappa shape index (κ1) is 38.2. The average Bonchev–Trinajstić information content (AvgIpc) is 3.05. The zero-order chi connectivity index (χ0) is 33.5. The van der Waals surface area contributed by atoms with Crippen LogP contribution in [0.4, 0.5) is 0 Å². The smallest absolute Gasteiger partial charge is 0.324 e. The molecule has 0 heterocycles. The van der Waals surface area contributed by atoms with Crippen molar-refractivity contribution in [3.63, 3.8) is 0 Å². The number of benzene rings is 4. The number of hydrogen-bond donors (Lipinski definition) is 2. The molecule has 0 atom stereocenters. The van der Waals surface area contributed by atoms with Gasteiger partial charge in [0, 0.05) is 0 Å². The van der Waals surface area contributed by atoms with E-state index in [0.29, 0.717) is 32.2 Å². The molecule has 2 N–H and O–H groups in total. The first-order valence-corrected chi connectivity index (χ1v) is 20.4. The fraction of sp³-hybridized carbons (Fsp3) is 0.474. The molecular weight excluding hydrogens is 614 g/mol. The zero-order valence-corrected chi connectivity index (χ0v) is 30.0. The third kappa shape index (κ3) is 10.9. The van der Waals surface area contributed by atoms with E-state index in [1.807, 2.05) is 60.7 Å². The molecule has 4 aromatic carbocycles. The van der Waals surface area contributed by atoms with Gasteiger partial charge in [-0.05, 0) is 64.4 Å². The van der Waals surface area contributed by atoms with E-state index in [-0.39, 0.29) is 0 Å². The topological polar surface area (TPSA) is 93.1 Å². The van der Waals surface area contributed by atoms with E-state index >= 15 is 0 Å². The SMILES string of the molecule is CCCCC(CCCC)(c1ccc2ccccc2c1)P(=O)(O)O.CCCCOP(=O)(Cc1ccc2ccccc2c1)OCCCC. The van der Waals surface area contributed by atoms with E-state index < -0.39 is 20.3 Å². The molecule has 0 aromatic heterocycles. The Balaban J connectivity index is 0.000000250. The van der Waals surface area contributed by atoms with Gasteiger partial charge in [-0.1, -0.05) is 145 Å². The normalized spacial score (nSPS) is 12.3. The van der Waals surface area contributed by atoms with Gasteiger partial charge >= 0.3 is 15.2 Å². The van der Waals surface area contributed by atoms with Gasteiger partial charge in [0.05, 0.1) is 24.5 Å². The largest absolute Gasteiger partial charge is 0.335 e. The van der Waals surface area contributed by atoms with Gasteiger partial charge in [0.1, 0.15) is 0 Å². The molecule has 4 aromatic rings. The molecule has 0 saturated carbocycles. The van der Waals surface area contributed by atoms with Gasteiger partial charge in [0.2, 0.25) is 0 Å². The van der Waals surface area contributed by atoms with E-state index in [1.165, 1.54) is 5.39 Å². The third-order valence-electron chi connectivity index (χ3n) is 8.49. The summed E-state index contributed by atoms with van der Waals surface area (Å²) in [5, 5.41) is 3.42. The summed E-state index contributed by atoms with van der Waals surface area (Å²) in [7, 11) is -7.34. The van der Waals surface area contributed by atoms with Crippen LogP contribution in [0.25, 0.3) is 21.5 Å². The van der Waals surface area contributed by atoms with Crippen molar-refractivity contribution in [3.8, 4) is 0 Å². The third-order valence-corrected chi connectivity index (χ3v) is 12.2. The van der Waals surface area contributed by atoms with Gasteiger partial charge in [0.25, 0.3) is 0 Å². The Hall–Kier alpha value is -2.30. The predicted molar refractivity (Wildman–Crippen MR) is 194 cm³/mol. The number of hydrogen-bond acceptors (Lipinski definition) is 4. The van der Waals surface area contributed by atoms with Crippen molar-refractivity contribution in [2.75, 3.05) is 13.2 Å². The highest BCUT2D eigenvalue weighted by atomic mass is 31.2. The minimum Gasteiger partial charge on any atom is -0.324 e. The minimum atomic E-state index is -4.27. The van der Waals surface area contributed by atoms with Gasteiger partial charge < -0.3 is 18.8 Å². The Morgan fingerprint density at radius 1 is 0.587 bits per heavy atom. The summed E-state index contributed by atoms with van der Waals surface area (Å²) in [5.74, 6) is 0. The Labute approximate surface area is 276 Å². The van der Waals surface area contributed by atoms with Crippen molar-refractivity contribution < 1.29 is 28.0 Å². The summed E-state index contributed by atoms with van der Waals surface area (Å²) in [6.45, 7) is 9.29. The Morgan fingerprint density at radius 2 is 1.04 bits per heavy atom. The van der Waals surface area contributed by atoms with Gasteiger partial charge in [-0.15, -0.1) is 0 Å². The van der Waals surface area contributed by atoms with E-state index in [4.69, 9.17) is 9.05 Å². The molecule has 252 valence electrons. The lowest BCUT2D eigenvalue weighted by molar-refractivity contribution is 0.199. The molecule has 0 fully saturated rings. The van der Waals surface area contributed by atoms with Gasteiger partial charge in [-0.3, -0.25) is 9.13 Å². The fourth-order valence-corrected chi connectivity index (χ4v) is 8.77. The number of unbranched alkanes of at least 4 members (excludes halogenated alkanes) is 4. The molecule has 6 nitrogen and oxygen atoms in total. The van der Waals surface area contributed by atoms with Crippen molar-refractivity contribution in [2.24, 2.45) is 0 Å². The van der Waals surface area contributed by atoms with Crippen LogP contribution in [0.15, 0.2) is 84.9 Å². The van der Waals surface area contributed by atoms with Gasteiger partial charge in [0.15, 0.2) is 0 Å². The lowest BCUT2D eigenvalue weighted by Gasteiger charge is -2.35. The molecule has 0 saturated heterocycles. The molecule has 4 rings (SSSR count). The summed E-state index contributed by atoms with van der Waals surface area (Å²) in [6.07, 6.45) is 8.75. The molecule has 0 aliphatic carbocycles. The summed E-state index contributed by atoms with van der Waals surface area (Å²) >= 11 is 0. The maximum atomic E-state index is 13.0. The lowest BCUT2D eigenvalue weighted by Crippen LogP contribution is -2.26. The second-order valence-corrected chi connectivity index (χ2v) is 16.2. The maximum Gasteiger partial charge on any atom is 0.335 e. The monoisotopic (exact) mass is 668 g/mol. The van der Waals surface area contributed by atoms with Gasteiger partial charge in [-0.2, -0.15) is 0 Å².